The van der Waals surface area contributed by atoms with Crippen molar-refractivity contribution in [1.82, 2.24) is 19.6 Å². The van der Waals surface area contributed by atoms with Gasteiger partial charge in [0.15, 0.2) is 0 Å². The Kier molecular flexibility index (Phi) is 3.37. The second-order valence-corrected chi connectivity index (χ2v) is 5.73. The molecule has 0 aliphatic carbocycles. The van der Waals surface area contributed by atoms with E-state index in [2.05, 4.69) is 54.7 Å². The molecule has 1 N–H and O–H groups in total. The first kappa shape index (κ1) is 12.1. The predicted molar refractivity (Wildman–Crippen MR) is 75.8 cm³/mol. The summed E-state index contributed by atoms with van der Waals surface area (Å²) in [6.45, 7) is 7.46. The molecule has 3 rings (SSSR count). The molecule has 1 aliphatic rings. The van der Waals surface area contributed by atoms with Crippen molar-refractivity contribution in [3.8, 4) is 0 Å². The first-order valence-corrected chi connectivity index (χ1v) is 7.08. The fraction of sp³-hybridized carbons (Fsp3) is 0.462. The van der Waals surface area contributed by atoms with Crippen LogP contribution in [0.2, 0.25) is 0 Å². The molecule has 0 bridgehead atoms. The summed E-state index contributed by atoms with van der Waals surface area (Å²) in [7, 11) is 0. The highest BCUT2D eigenvalue weighted by molar-refractivity contribution is 9.10. The van der Waals surface area contributed by atoms with Gasteiger partial charge in [0.1, 0.15) is 5.65 Å². The molecule has 2 aromatic rings. The molecule has 0 radical (unpaired) electrons. The molecule has 3 heterocycles. The minimum Gasteiger partial charge on any atom is -0.314 e. The van der Waals surface area contributed by atoms with E-state index in [1.165, 1.54) is 11.3 Å². The van der Waals surface area contributed by atoms with Crippen molar-refractivity contribution in [2.75, 3.05) is 26.2 Å². The third kappa shape index (κ3) is 2.30. The summed E-state index contributed by atoms with van der Waals surface area (Å²) < 4.78 is 3.30. The topological polar surface area (TPSA) is 32.6 Å². The zero-order valence-corrected chi connectivity index (χ0v) is 12.1. The molecule has 0 spiro atoms. The number of fused-ring (bicyclic) bond motifs is 1. The van der Waals surface area contributed by atoms with Crippen LogP contribution in [-0.4, -0.2) is 40.5 Å². The molecule has 1 saturated heterocycles. The summed E-state index contributed by atoms with van der Waals surface area (Å²) in [6, 6.07) is 2.11. The van der Waals surface area contributed by atoms with Gasteiger partial charge in [0.2, 0.25) is 0 Å². The molecule has 4 nitrogen and oxygen atoms in total. The second-order valence-electron chi connectivity index (χ2n) is 4.81. The minimum absolute atomic E-state index is 0.971. The molecular formula is C13H17BrN4. The Bertz CT molecular complexity index is 557. The van der Waals surface area contributed by atoms with Crippen LogP contribution in [0.1, 0.15) is 11.3 Å². The molecule has 0 saturated carbocycles. The van der Waals surface area contributed by atoms with Crippen molar-refractivity contribution in [2.24, 2.45) is 0 Å². The maximum absolute atomic E-state index is 4.52. The van der Waals surface area contributed by atoms with Gasteiger partial charge in [-0.25, -0.2) is 4.98 Å². The molecule has 2 aromatic heterocycles. The molecule has 0 aromatic carbocycles. The summed E-state index contributed by atoms with van der Waals surface area (Å²) in [4.78, 5) is 6.99. The highest BCUT2D eigenvalue weighted by Crippen LogP contribution is 2.18. The van der Waals surface area contributed by atoms with E-state index in [1.54, 1.807) is 0 Å². The van der Waals surface area contributed by atoms with Crippen LogP contribution in [0, 0.1) is 6.92 Å². The van der Waals surface area contributed by atoms with E-state index in [0.29, 0.717) is 0 Å². The van der Waals surface area contributed by atoms with Gasteiger partial charge in [-0.3, -0.25) is 4.90 Å². The van der Waals surface area contributed by atoms with Gasteiger partial charge >= 0.3 is 0 Å². The number of aromatic nitrogens is 2. The van der Waals surface area contributed by atoms with Gasteiger partial charge in [-0.15, -0.1) is 0 Å². The lowest BCUT2D eigenvalue weighted by Crippen LogP contribution is -2.43. The number of aryl methyl sites for hydroxylation is 1. The quantitative estimate of drug-likeness (QED) is 0.918. The van der Waals surface area contributed by atoms with Crippen LogP contribution < -0.4 is 5.32 Å². The third-order valence-corrected chi connectivity index (χ3v) is 3.86. The Balaban J connectivity index is 1.92. The number of pyridine rings is 1. The van der Waals surface area contributed by atoms with Gasteiger partial charge in [0, 0.05) is 43.4 Å². The molecule has 1 aliphatic heterocycles. The van der Waals surface area contributed by atoms with E-state index in [1.807, 2.05) is 6.20 Å². The Morgan fingerprint density at radius 2 is 2.17 bits per heavy atom. The van der Waals surface area contributed by atoms with Crippen LogP contribution >= 0.6 is 15.9 Å². The maximum Gasteiger partial charge on any atom is 0.139 e. The number of nitrogens with zero attached hydrogens (tertiary/aromatic N) is 3. The Labute approximate surface area is 115 Å². The fourth-order valence-electron chi connectivity index (χ4n) is 2.48. The molecule has 96 valence electrons. The fourth-order valence-corrected chi connectivity index (χ4v) is 3.03. The largest absolute Gasteiger partial charge is 0.314 e. The zero-order chi connectivity index (χ0) is 12.5. The molecule has 0 amide bonds. The highest BCUT2D eigenvalue weighted by atomic mass is 79.9. The molecule has 1 fully saturated rings. The van der Waals surface area contributed by atoms with E-state index in [4.69, 9.17) is 0 Å². The number of rotatable bonds is 2. The average molecular weight is 309 g/mol. The van der Waals surface area contributed by atoms with E-state index in [0.717, 1.165) is 42.8 Å². The van der Waals surface area contributed by atoms with E-state index in [-0.39, 0.29) is 0 Å². The average Bonchev–Trinajstić information content (AvgIpc) is 2.74. The Hall–Kier alpha value is -0.910. The number of imidazole rings is 1. The molecule has 0 atom stereocenters. The van der Waals surface area contributed by atoms with Crippen LogP contribution in [-0.2, 0) is 6.54 Å². The summed E-state index contributed by atoms with van der Waals surface area (Å²) >= 11 is 3.56. The lowest BCUT2D eigenvalue weighted by atomic mass is 10.3. The van der Waals surface area contributed by atoms with Crippen LogP contribution in [0.4, 0.5) is 0 Å². The van der Waals surface area contributed by atoms with Crippen molar-refractivity contribution in [3.05, 3.63) is 34.2 Å². The van der Waals surface area contributed by atoms with Gasteiger partial charge in [0.25, 0.3) is 0 Å². The molecule has 5 heteroatoms. The van der Waals surface area contributed by atoms with Crippen LogP contribution in [0.3, 0.4) is 0 Å². The van der Waals surface area contributed by atoms with Crippen molar-refractivity contribution < 1.29 is 0 Å². The molecule has 0 unspecified atom stereocenters. The van der Waals surface area contributed by atoms with Crippen LogP contribution in [0.15, 0.2) is 22.9 Å². The first-order valence-electron chi connectivity index (χ1n) is 6.29. The molecular weight excluding hydrogens is 292 g/mol. The van der Waals surface area contributed by atoms with Crippen molar-refractivity contribution in [2.45, 2.75) is 13.5 Å². The van der Waals surface area contributed by atoms with Crippen LogP contribution in [0.25, 0.3) is 5.65 Å². The Morgan fingerprint density at radius 3 is 2.94 bits per heavy atom. The van der Waals surface area contributed by atoms with Crippen LogP contribution in [0.5, 0.6) is 0 Å². The van der Waals surface area contributed by atoms with Crippen molar-refractivity contribution >= 4 is 21.6 Å². The maximum atomic E-state index is 4.52. The lowest BCUT2D eigenvalue weighted by molar-refractivity contribution is 0.230. The lowest BCUT2D eigenvalue weighted by Gasteiger charge is -2.26. The Morgan fingerprint density at radius 1 is 1.39 bits per heavy atom. The van der Waals surface area contributed by atoms with Gasteiger partial charge in [-0.05, 0) is 34.5 Å². The number of piperazine rings is 1. The smallest absolute Gasteiger partial charge is 0.139 e. The predicted octanol–water partition coefficient (Wildman–Crippen LogP) is 1.81. The van der Waals surface area contributed by atoms with E-state index in [9.17, 15) is 0 Å². The zero-order valence-electron chi connectivity index (χ0n) is 10.5. The third-order valence-electron chi connectivity index (χ3n) is 3.43. The normalized spacial score (nSPS) is 17.4. The molecule has 18 heavy (non-hydrogen) atoms. The first-order chi connectivity index (χ1) is 8.74. The van der Waals surface area contributed by atoms with Gasteiger partial charge in [0.05, 0.1) is 11.9 Å². The minimum atomic E-state index is 0.971. The van der Waals surface area contributed by atoms with E-state index >= 15 is 0 Å². The summed E-state index contributed by atoms with van der Waals surface area (Å²) in [5.41, 5.74) is 3.52. The summed E-state index contributed by atoms with van der Waals surface area (Å²) in [6.07, 6.45) is 4.10. The monoisotopic (exact) mass is 308 g/mol. The second kappa shape index (κ2) is 4.99. The number of hydrogen-bond acceptors (Lipinski definition) is 3. The number of halogens is 1. The van der Waals surface area contributed by atoms with Gasteiger partial charge in [-0.1, -0.05) is 0 Å². The summed E-state index contributed by atoms with van der Waals surface area (Å²) in [5, 5.41) is 3.38. The number of hydrogen-bond donors (Lipinski definition) is 1. The standard InChI is InChI=1S/C13H17BrN4/c1-10-6-11(14)8-18-12(7-16-13(10)18)9-17-4-2-15-3-5-17/h6-8,15H,2-5,9H2,1H3. The SMILES string of the molecule is Cc1cc(Br)cn2c(CN3CCNCC3)cnc12. The van der Waals surface area contributed by atoms with Crippen molar-refractivity contribution in [1.29, 1.82) is 0 Å². The van der Waals surface area contributed by atoms with Gasteiger partial charge in [-0.2, -0.15) is 0 Å². The van der Waals surface area contributed by atoms with Crippen molar-refractivity contribution in [3.63, 3.8) is 0 Å². The summed E-state index contributed by atoms with van der Waals surface area (Å²) in [5.74, 6) is 0. The highest BCUT2D eigenvalue weighted by Gasteiger charge is 2.13. The van der Waals surface area contributed by atoms with Gasteiger partial charge < -0.3 is 9.72 Å². The van der Waals surface area contributed by atoms with E-state index < -0.39 is 0 Å². The number of nitrogens with one attached hydrogen (secondary N) is 1.